The number of phenols is 1. The Morgan fingerprint density at radius 2 is 1.70 bits per heavy atom. The first-order valence-corrected chi connectivity index (χ1v) is 9.12. The normalized spacial score (nSPS) is 10.5. The summed E-state index contributed by atoms with van der Waals surface area (Å²) in [6.07, 6.45) is 0.156. The number of carbonyl (C=O) groups is 1. The standard InChI is InChI=1S/C22H22N2O6/c1-28-19-7-4-13(11-20(19)29-2)17-6-3-14(22(27)24-17)9-15-10-16(25)5-8-18(15)30-21(26)12-23/h3-8,10-11,25H,9,12,23H2,1-2H3,(H,24,27). The molecule has 0 spiro atoms. The van der Waals surface area contributed by atoms with Gasteiger partial charge < -0.3 is 30.0 Å². The van der Waals surface area contributed by atoms with Crippen LogP contribution in [0.2, 0.25) is 0 Å². The lowest BCUT2D eigenvalue weighted by molar-refractivity contribution is -0.132. The third-order valence-corrected chi connectivity index (χ3v) is 4.50. The molecular weight excluding hydrogens is 388 g/mol. The first-order valence-electron chi connectivity index (χ1n) is 9.12. The van der Waals surface area contributed by atoms with Crippen LogP contribution in [0.15, 0.2) is 53.3 Å². The summed E-state index contributed by atoms with van der Waals surface area (Å²) >= 11 is 0. The van der Waals surface area contributed by atoms with Crippen LogP contribution in [0.5, 0.6) is 23.0 Å². The molecule has 4 N–H and O–H groups in total. The van der Waals surface area contributed by atoms with E-state index in [1.165, 1.54) is 25.3 Å². The van der Waals surface area contributed by atoms with Gasteiger partial charge in [0.25, 0.3) is 5.56 Å². The predicted octanol–water partition coefficient (Wildman–Crippen LogP) is 2.22. The fourth-order valence-electron chi connectivity index (χ4n) is 2.99. The van der Waals surface area contributed by atoms with Crippen molar-refractivity contribution in [3.8, 4) is 34.3 Å². The summed E-state index contributed by atoms with van der Waals surface area (Å²) in [5.41, 5.74) is 7.28. The summed E-state index contributed by atoms with van der Waals surface area (Å²) in [4.78, 5) is 27.1. The second kappa shape index (κ2) is 9.15. The van der Waals surface area contributed by atoms with Gasteiger partial charge in [-0.2, -0.15) is 0 Å². The van der Waals surface area contributed by atoms with Crippen LogP contribution in [-0.2, 0) is 11.2 Å². The van der Waals surface area contributed by atoms with Crippen molar-refractivity contribution in [2.75, 3.05) is 20.8 Å². The molecule has 0 unspecified atom stereocenters. The second-order valence-corrected chi connectivity index (χ2v) is 6.44. The van der Waals surface area contributed by atoms with Gasteiger partial charge in [-0.3, -0.25) is 9.59 Å². The molecule has 0 aliphatic heterocycles. The summed E-state index contributed by atoms with van der Waals surface area (Å²) in [6.45, 7) is -0.277. The topological polar surface area (TPSA) is 124 Å². The molecule has 8 heteroatoms. The maximum Gasteiger partial charge on any atom is 0.325 e. The van der Waals surface area contributed by atoms with Gasteiger partial charge in [-0.15, -0.1) is 0 Å². The van der Waals surface area contributed by atoms with Crippen molar-refractivity contribution in [1.82, 2.24) is 4.98 Å². The fraction of sp³-hybridized carbons (Fsp3) is 0.182. The molecule has 30 heavy (non-hydrogen) atoms. The fourth-order valence-corrected chi connectivity index (χ4v) is 2.99. The van der Waals surface area contributed by atoms with Gasteiger partial charge >= 0.3 is 5.97 Å². The van der Waals surface area contributed by atoms with Gasteiger partial charge in [0.2, 0.25) is 0 Å². The molecule has 0 aliphatic rings. The molecule has 0 fully saturated rings. The number of ether oxygens (including phenoxy) is 3. The van der Waals surface area contributed by atoms with Crippen LogP contribution in [0.4, 0.5) is 0 Å². The lowest BCUT2D eigenvalue weighted by Crippen LogP contribution is -2.20. The van der Waals surface area contributed by atoms with Gasteiger partial charge in [0.05, 0.1) is 20.8 Å². The van der Waals surface area contributed by atoms with E-state index in [0.717, 1.165) is 5.56 Å². The summed E-state index contributed by atoms with van der Waals surface area (Å²) in [5, 5.41) is 9.79. The van der Waals surface area contributed by atoms with Crippen molar-refractivity contribution >= 4 is 5.97 Å². The van der Waals surface area contributed by atoms with Gasteiger partial charge in [-0.1, -0.05) is 6.07 Å². The Morgan fingerprint density at radius 1 is 0.967 bits per heavy atom. The highest BCUT2D eigenvalue weighted by atomic mass is 16.5. The Hall–Kier alpha value is -3.78. The number of phenolic OH excluding ortho intramolecular Hbond substituents is 1. The molecular formula is C22H22N2O6. The SMILES string of the molecule is COc1ccc(-c2ccc(Cc3cc(O)ccc3OC(=O)CN)c(=O)[nH]2)cc1OC. The summed E-state index contributed by atoms with van der Waals surface area (Å²) in [7, 11) is 3.09. The largest absolute Gasteiger partial charge is 0.508 e. The molecule has 0 amide bonds. The third-order valence-electron chi connectivity index (χ3n) is 4.50. The minimum atomic E-state index is -0.611. The van der Waals surface area contributed by atoms with Crippen molar-refractivity contribution in [3.05, 3.63) is 70.0 Å². The van der Waals surface area contributed by atoms with E-state index in [1.54, 1.807) is 31.4 Å². The van der Waals surface area contributed by atoms with Crippen LogP contribution in [0.25, 0.3) is 11.3 Å². The van der Waals surface area contributed by atoms with Gasteiger partial charge in [-0.05, 0) is 42.5 Å². The molecule has 3 rings (SSSR count). The Balaban J connectivity index is 1.91. The number of hydrogen-bond acceptors (Lipinski definition) is 7. The molecule has 3 aromatic rings. The number of nitrogens with two attached hydrogens (primary N) is 1. The highest BCUT2D eigenvalue weighted by molar-refractivity contribution is 5.74. The number of rotatable bonds is 7. The zero-order chi connectivity index (χ0) is 21.7. The third kappa shape index (κ3) is 4.61. The molecule has 0 radical (unpaired) electrons. The molecule has 2 aromatic carbocycles. The number of nitrogens with one attached hydrogen (secondary N) is 1. The van der Waals surface area contributed by atoms with Crippen LogP contribution in [0, 0.1) is 0 Å². The zero-order valence-electron chi connectivity index (χ0n) is 16.6. The highest BCUT2D eigenvalue weighted by Crippen LogP contribution is 2.31. The molecule has 0 atom stereocenters. The van der Waals surface area contributed by atoms with Crippen molar-refractivity contribution in [2.24, 2.45) is 5.73 Å². The monoisotopic (exact) mass is 410 g/mol. The number of pyridine rings is 1. The van der Waals surface area contributed by atoms with E-state index >= 15 is 0 Å². The van der Waals surface area contributed by atoms with Crippen molar-refractivity contribution < 1.29 is 24.1 Å². The van der Waals surface area contributed by atoms with E-state index in [4.69, 9.17) is 19.9 Å². The zero-order valence-corrected chi connectivity index (χ0v) is 16.6. The summed E-state index contributed by atoms with van der Waals surface area (Å²) in [5.74, 6) is 0.761. The van der Waals surface area contributed by atoms with Crippen molar-refractivity contribution in [1.29, 1.82) is 0 Å². The number of aromatic nitrogens is 1. The lowest BCUT2D eigenvalue weighted by atomic mass is 10.0. The number of methoxy groups -OCH3 is 2. The van der Waals surface area contributed by atoms with Crippen LogP contribution in [0.3, 0.4) is 0 Å². The second-order valence-electron chi connectivity index (χ2n) is 6.44. The maximum absolute atomic E-state index is 12.7. The molecule has 1 aromatic heterocycles. The molecule has 0 saturated carbocycles. The highest BCUT2D eigenvalue weighted by Gasteiger charge is 2.13. The number of carbonyl (C=O) groups excluding carboxylic acids is 1. The van der Waals surface area contributed by atoms with Gasteiger partial charge in [0, 0.05) is 28.8 Å². The Kier molecular flexibility index (Phi) is 6.38. The number of esters is 1. The summed E-state index contributed by atoms with van der Waals surface area (Å²) in [6, 6.07) is 13.1. The van der Waals surface area contributed by atoms with E-state index in [2.05, 4.69) is 4.98 Å². The molecule has 1 heterocycles. The van der Waals surface area contributed by atoms with Crippen molar-refractivity contribution in [3.63, 3.8) is 0 Å². The molecule has 0 bridgehead atoms. The number of benzene rings is 2. The van der Waals surface area contributed by atoms with Crippen molar-refractivity contribution in [2.45, 2.75) is 6.42 Å². The van der Waals surface area contributed by atoms with E-state index in [1.807, 2.05) is 6.07 Å². The molecule has 0 saturated heterocycles. The van der Waals surface area contributed by atoms with E-state index < -0.39 is 5.97 Å². The van der Waals surface area contributed by atoms with E-state index in [0.29, 0.717) is 28.3 Å². The lowest BCUT2D eigenvalue weighted by Gasteiger charge is -2.11. The van der Waals surface area contributed by atoms with Gasteiger partial charge in [0.15, 0.2) is 11.5 Å². The average molecular weight is 410 g/mol. The average Bonchev–Trinajstić information content (AvgIpc) is 2.76. The van der Waals surface area contributed by atoms with Crippen LogP contribution < -0.4 is 25.5 Å². The minimum Gasteiger partial charge on any atom is -0.508 e. The molecule has 0 aliphatic carbocycles. The van der Waals surface area contributed by atoms with Gasteiger partial charge in [0.1, 0.15) is 11.5 Å². The predicted molar refractivity (Wildman–Crippen MR) is 111 cm³/mol. The van der Waals surface area contributed by atoms with Crippen LogP contribution in [-0.4, -0.2) is 36.8 Å². The minimum absolute atomic E-state index is 0.00377. The Labute approximate surface area is 172 Å². The number of hydrogen-bond donors (Lipinski definition) is 3. The van der Waals surface area contributed by atoms with Gasteiger partial charge in [-0.25, -0.2) is 0 Å². The first kappa shape index (κ1) is 20.9. The van der Waals surface area contributed by atoms with E-state index in [-0.39, 0.29) is 30.0 Å². The summed E-state index contributed by atoms with van der Waals surface area (Å²) < 4.78 is 15.7. The number of aromatic amines is 1. The molecule has 156 valence electrons. The van der Waals surface area contributed by atoms with E-state index in [9.17, 15) is 14.7 Å². The molecule has 8 nitrogen and oxygen atoms in total. The van der Waals surface area contributed by atoms with Crippen LogP contribution in [0.1, 0.15) is 11.1 Å². The smallest absolute Gasteiger partial charge is 0.325 e. The quantitative estimate of drug-likeness (QED) is 0.403. The Bertz CT molecular complexity index is 1120. The number of H-pyrrole nitrogens is 1. The number of aromatic hydroxyl groups is 1. The van der Waals surface area contributed by atoms with Crippen LogP contribution >= 0.6 is 0 Å². The first-order chi connectivity index (χ1) is 14.4. The maximum atomic E-state index is 12.7. The Morgan fingerprint density at radius 3 is 2.37 bits per heavy atom.